The summed E-state index contributed by atoms with van der Waals surface area (Å²) in [6.45, 7) is 3.24. The Labute approximate surface area is 110 Å². The quantitative estimate of drug-likeness (QED) is 0.687. The molecule has 0 fully saturated rings. The summed E-state index contributed by atoms with van der Waals surface area (Å²) < 4.78 is 10.6. The van der Waals surface area contributed by atoms with Crippen LogP contribution < -0.4 is 4.74 Å². The third-order valence-electron chi connectivity index (χ3n) is 2.89. The normalized spacial score (nSPS) is 12.4. The van der Waals surface area contributed by atoms with Crippen LogP contribution in [-0.2, 0) is 11.2 Å². The molecular weight excluding hydrogens is 228 g/mol. The van der Waals surface area contributed by atoms with Gasteiger partial charge in [0.2, 0.25) is 0 Å². The molecule has 0 aliphatic heterocycles. The lowest BCUT2D eigenvalue weighted by Crippen LogP contribution is -2.09. The maximum atomic E-state index is 9.75. The van der Waals surface area contributed by atoms with Crippen molar-refractivity contribution in [2.24, 2.45) is 0 Å². The zero-order valence-electron chi connectivity index (χ0n) is 11.4. The van der Waals surface area contributed by atoms with Crippen molar-refractivity contribution in [2.45, 2.75) is 38.7 Å². The lowest BCUT2D eigenvalue weighted by Gasteiger charge is -2.13. The van der Waals surface area contributed by atoms with Crippen molar-refractivity contribution < 1.29 is 14.6 Å². The fraction of sp³-hybridized carbons (Fsp3) is 0.600. The first-order valence-corrected chi connectivity index (χ1v) is 6.65. The summed E-state index contributed by atoms with van der Waals surface area (Å²) in [7, 11) is 1.66. The summed E-state index contributed by atoms with van der Waals surface area (Å²) in [5, 5.41) is 9.75. The van der Waals surface area contributed by atoms with Crippen molar-refractivity contribution in [3.8, 4) is 5.75 Å². The number of aliphatic hydroxyl groups excluding tert-OH is 1. The molecule has 0 bridgehead atoms. The molecular formula is C15H24O3. The van der Waals surface area contributed by atoms with Crippen LogP contribution in [0.1, 0.15) is 31.7 Å². The Balaban J connectivity index is 2.48. The van der Waals surface area contributed by atoms with Crippen LogP contribution in [0.2, 0.25) is 0 Å². The molecule has 0 aliphatic carbocycles. The van der Waals surface area contributed by atoms with Crippen LogP contribution in [0, 0.1) is 0 Å². The molecule has 18 heavy (non-hydrogen) atoms. The van der Waals surface area contributed by atoms with E-state index in [9.17, 15) is 5.11 Å². The number of hydrogen-bond acceptors (Lipinski definition) is 3. The van der Waals surface area contributed by atoms with Gasteiger partial charge in [-0.15, -0.1) is 0 Å². The van der Waals surface area contributed by atoms with Gasteiger partial charge in [-0.3, -0.25) is 0 Å². The summed E-state index contributed by atoms with van der Waals surface area (Å²) in [5.41, 5.74) is 1.16. The van der Waals surface area contributed by atoms with E-state index in [4.69, 9.17) is 9.47 Å². The van der Waals surface area contributed by atoms with E-state index >= 15 is 0 Å². The predicted molar refractivity (Wildman–Crippen MR) is 73.0 cm³/mol. The van der Waals surface area contributed by atoms with Gasteiger partial charge < -0.3 is 14.6 Å². The maximum Gasteiger partial charge on any atom is 0.122 e. The van der Waals surface area contributed by atoms with E-state index in [1.165, 1.54) is 0 Å². The Morgan fingerprint density at radius 2 is 1.94 bits per heavy atom. The van der Waals surface area contributed by atoms with E-state index in [0.29, 0.717) is 13.2 Å². The fourth-order valence-electron chi connectivity index (χ4n) is 1.89. The Morgan fingerprint density at radius 3 is 2.67 bits per heavy atom. The number of methoxy groups -OCH3 is 1. The van der Waals surface area contributed by atoms with Crippen LogP contribution in [0.3, 0.4) is 0 Å². The van der Waals surface area contributed by atoms with Gasteiger partial charge in [0, 0.05) is 7.11 Å². The molecule has 1 aromatic rings. The monoisotopic (exact) mass is 252 g/mol. The molecule has 0 saturated heterocycles. The molecule has 0 heterocycles. The summed E-state index contributed by atoms with van der Waals surface area (Å²) in [6.07, 6.45) is 3.32. The first-order valence-electron chi connectivity index (χ1n) is 6.65. The van der Waals surface area contributed by atoms with E-state index in [2.05, 4.69) is 13.0 Å². The first-order chi connectivity index (χ1) is 8.77. The second-order valence-corrected chi connectivity index (χ2v) is 4.43. The average molecular weight is 252 g/mol. The van der Waals surface area contributed by atoms with Crippen molar-refractivity contribution in [2.75, 3.05) is 20.3 Å². The summed E-state index contributed by atoms with van der Waals surface area (Å²) in [6, 6.07) is 8.00. The summed E-state index contributed by atoms with van der Waals surface area (Å²) >= 11 is 0. The summed E-state index contributed by atoms with van der Waals surface area (Å²) in [4.78, 5) is 0. The molecule has 3 nitrogen and oxygen atoms in total. The van der Waals surface area contributed by atoms with E-state index < -0.39 is 0 Å². The topological polar surface area (TPSA) is 38.7 Å². The van der Waals surface area contributed by atoms with Crippen LogP contribution in [0.4, 0.5) is 0 Å². The van der Waals surface area contributed by atoms with Crippen molar-refractivity contribution in [3.63, 3.8) is 0 Å². The van der Waals surface area contributed by atoms with Gasteiger partial charge in [-0.25, -0.2) is 0 Å². The molecule has 0 aromatic heterocycles. The zero-order chi connectivity index (χ0) is 13.2. The molecule has 1 rings (SSSR count). The lowest BCUT2D eigenvalue weighted by molar-refractivity contribution is 0.143. The van der Waals surface area contributed by atoms with Crippen LogP contribution in [0.25, 0.3) is 0 Å². The minimum atomic E-state index is -0.206. The average Bonchev–Trinajstić information content (AvgIpc) is 2.38. The molecule has 1 atom stereocenters. The number of rotatable bonds is 9. The number of aliphatic hydroxyl groups is 1. The van der Waals surface area contributed by atoms with E-state index in [-0.39, 0.29) is 6.10 Å². The van der Waals surface area contributed by atoms with E-state index in [1.807, 2.05) is 18.2 Å². The Morgan fingerprint density at radius 1 is 1.17 bits per heavy atom. The van der Waals surface area contributed by atoms with Crippen molar-refractivity contribution in [1.29, 1.82) is 0 Å². The minimum Gasteiger partial charge on any atom is -0.491 e. The Kier molecular flexibility index (Phi) is 7.46. The van der Waals surface area contributed by atoms with Crippen LogP contribution >= 0.6 is 0 Å². The largest absolute Gasteiger partial charge is 0.491 e. The van der Waals surface area contributed by atoms with Gasteiger partial charge in [0.25, 0.3) is 0 Å². The maximum absolute atomic E-state index is 9.75. The van der Waals surface area contributed by atoms with Gasteiger partial charge in [-0.05, 0) is 30.9 Å². The number of aryl methyl sites for hydroxylation is 1. The molecule has 1 N–H and O–H groups in total. The molecule has 0 amide bonds. The second kappa shape index (κ2) is 8.95. The number of hydrogen-bond donors (Lipinski definition) is 1. The van der Waals surface area contributed by atoms with Crippen LogP contribution in [-0.4, -0.2) is 31.5 Å². The number of para-hydroxylation sites is 1. The van der Waals surface area contributed by atoms with Gasteiger partial charge in [0.1, 0.15) is 12.4 Å². The third-order valence-corrected chi connectivity index (χ3v) is 2.89. The van der Waals surface area contributed by atoms with Gasteiger partial charge in [-0.1, -0.05) is 31.5 Å². The fourth-order valence-corrected chi connectivity index (χ4v) is 1.89. The highest BCUT2D eigenvalue weighted by Crippen LogP contribution is 2.20. The summed E-state index contributed by atoms with van der Waals surface area (Å²) in [5.74, 6) is 0.901. The highest BCUT2D eigenvalue weighted by Gasteiger charge is 2.07. The molecule has 0 aliphatic rings. The Hall–Kier alpha value is -1.06. The molecule has 0 spiro atoms. The molecule has 3 heteroatoms. The number of ether oxygens (including phenoxy) is 2. The highest BCUT2D eigenvalue weighted by atomic mass is 16.5. The highest BCUT2D eigenvalue weighted by molar-refractivity contribution is 5.33. The molecule has 1 unspecified atom stereocenters. The second-order valence-electron chi connectivity index (χ2n) is 4.43. The minimum absolute atomic E-state index is 0.206. The van der Waals surface area contributed by atoms with Crippen molar-refractivity contribution in [3.05, 3.63) is 29.8 Å². The Bertz CT molecular complexity index is 325. The van der Waals surface area contributed by atoms with Gasteiger partial charge in [0.15, 0.2) is 0 Å². The van der Waals surface area contributed by atoms with Crippen LogP contribution in [0.5, 0.6) is 5.75 Å². The zero-order valence-corrected chi connectivity index (χ0v) is 11.4. The SMILES string of the molecule is CCCC(O)CCc1ccccc1OCCOC. The first kappa shape index (κ1) is 15.0. The van der Waals surface area contributed by atoms with E-state index in [0.717, 1.165) is 37.0 Å². The van der Waals surface area contributed by atoms with Gasteiger partial charge in [0.05, 0.1) is 12.7 Å². The third kappa shape index (κ3) is 5.52. The van der Waals surface area contributed by atoms with Gasteiger partial charge in [-0.2, -0.15) is 0 Å². The van der Waals surface area contributed by atoms with Crippen molar-refractivity contribution in [1.82, 2.24) is 0 Å². The molecule has 0 radical (unpaired) electrons. The van der Waals surface area contributed by atoms with E-state index in [1.54, 1.807) is 7.11 Å². The van der Waals surface area contributed by atoms with Crippen LogP contribution in [0.15, 0.2) is 24.3 Å². The molecule has 102 valence electrons. The standard InChI is InChI=1S/C15H24O3/c1-3-6-14(16)10-9-13-7-4-5-8-15(13)18-12-11-17-2/h4-5,7-8,14,16H,3,6,9-12H2,1-2H3. The molecule has 1 aromatic carbocycles. The number of benzene rings is 1. The van der Waals surface area contributed by atoms with Crippen molar-refractivity contribution >= 4 is 0 Å². The van der Waals surface area contributed by atoms with Gasteiger partial charge >= 0.3 is 0 Å². The predicted octanol–water partition coefficient (Wildman–Crippen LogP) is 2.81. The molecule has 0 saturated carbocycles. The smallest absolute Gasteiger partial charge is 0.122 e. The lowest BCUT2D eigenvalue weighted by atomic mass is 10.0.